The zero-order valence-corrected chi connectivity index (χ0v) is 9.54. The maximum absolute atomic E-state index is 4.09. The molecule has 0 unspecified atom stereocenters. The molecule has 0 aliphatic carbocycles. The van der Waals surface area contributed by atoms with Gasteiger partial charge in [-0.15, -0.1) is 0 Å². The largest absolute Gasteiger partial charge is 0.306 e. The predicted molar refractivity (Wildman–Crippen MR) is 63.4 cm³/mol. The van der Waals surface area contributed by atoms with E-state index in [0.717, 1.165) is 12.3 Å². The van der Waals surface area contributed by atoms with E-state index in [2.05, 4.69) is 22.7 Å². The van der Waals surface area contributed by atoms with E-state index < -0.39 is 0 Å². The van der Waals surface area contributed by atoms with Crippen LogP contribution in [0, 0.1) is 0 Å². The van der Waals surface area contributed by atoms with E-state index in [-0.39, 0.29) is 0 Å². The van der Waals surface area contributed by atoms with Crippen molar-refractivity contribution in [1.82, 2.24) is 5.43 Å². The zero-order valence-electron chi connectivity index (χ0n) is 9.54. The SMILES string of the molecule is CC.CC(C)=NNCc1ccccc1. The summed E-state index contributed by atoms with van der Waals surface area (Å²) in [6, 6.07) is 10.2. The van der Waals surface area contributed by atoms with E-state index >= 15 is 0 Å². The second-order valence-electron chi connectivity index (χ2n) is 2.88. The monoisotopic (exact) mass is 192 g/mol. The number of hydrazone groups is 1. The second kappa shape index (κ2) is 8.30. The van der Waals surface area contributed by atoms with Crippen molar-refractivity contribution in [3.63, 3.8) is 0 Å². The maximum atomic E-state index is 4.09. The van der Waals surface area contributed by atoms with Crippen molar-refractivity contribution in [3.8, 4) is 0 Å². The van der Waals surface area contributed by atoms with Gasteiger partial charge in [0, 0.05) is 5.71 Å². The molecule has 1 N–H and O–H groups in total. The molecule has 0 radical (unpaired) electrons. The molecule has 14 heavy (non-hydrogen) atoms. The Labute approximate surface area is 87.0 Å². The smallest absolute Gasteiger partial charge is 0.0580 e. The van der Waals surface area contributed by atoms with Gasteiger partial charge in [-0.1, -0.05) is 44.2 Å². The number of rotatable bonds is 3. The Morgan fingerprint density at radius 2 is 1.71 bits per heavy atom. The van der Waals surface area contributed by atoms with Gasteiger partial charge in [-0.25, -0.2) is 0 Å². The van der Waals surface area contributed by atoms with Crippen LogP contribution in [0.3, 0.4) is 0 Å². The van der Waals surface area contributed by atoms with Gasteiger partial charge in [0.25, 0.3) is 0 Å². The maximum Gasteiger partial charge on any atom is 0.0580 e. The Morgan fingerprint density at radius 1 is 1.14 bits per heavy atom. The van der Waals surface area contributed by atoms with Crippen LogP contribution in [0.15, 0.2) is 35.4 Å². The summed E-state index contributed by atoms with van der Waals surface area (Å²) in [6.07, 6.45) is 0. The molecule has 0 heterocycles. The summed E-state index contributed by atoms with van der Waals surface area (Å²) in [4.78, 5) is 0. The van der Waals surface area contributed by atoms with Gasteiger partial charge in [0.2, 0.25) is 0 Å². The fourth-order valence-electron chi connectivity index (χ4n) is 0.885. The fourth-order valence-corrected chi connectivity index (χ4v) is 0.885. The topological polar surface area (TPSA) is 24.4 Å². The van der Waals surface area contributed by atoms with Gasteiger partial charge in [0.15, 0.2) is 0 Å². The minimum atomic E-state index is 0.798. The summed E-state index contributed by atoms with van der Waals surface area (Å²) >= 11 is 0. The molecule has 78 valence electrons. The average Bonchev–Trinajstić information content (AvgIpc) is 2.22. The van der Waals surface area contributed by atoms with E-state index in [0.29, 0.717) is 0 Å². The molecule has 0 fully saturated rings. The Kier molecular flexibility index (Phi) is 7.52. The van der Waals surface area contributed by atoms with Gasteiger partial charge in [0.1, 0.15) is 0 Å². The van der Waals surface area contributed by atoms with Crippen LogP contribution in [0.4, 0.5) is 0 Å². The molecule has 0 saturated carbocycles. The summed E-state index contributed by atoms with van der Waals surface area (Å²) in [6.45, 7) is 8.74. The van der Waals surface area contributed by atoms with Gasteiger partial charge in [-0.3, -0.25) is 0 Å². The molecule has 2 nitrogen and oxygen atoms in total. The van der Waals surface area contributed by atoms with Crippen LogP contribution < -0.4 is 5.43 Å². The van der Waals surface area contributed by atoms with E-state index in [1.54, 1.807) is 0 Å². The molecule has 0 spiro atoms. The summed E-state index contributed by atoms with van der Waals surface area (Å²) < 4.78 is 0. The quantitative estimate of drug-likeness (QED) is 0.577. The summed E-state index contributed by atoms with van der Waals surface area (Å²) in [5.74, 6) is 0. The molecule has 0 aromatic heterocycles. The van der Waals surface area contributed by atoms with Gasteiger partial charge >= 0.3 is 0 Å². The molecular weight excluding hydrogens is 172 g/mol. The molecule has 0 aliphatic heterocycles. The second-order valence-corrected chi connectivity index (χ2v) is 2.88. The third-order valence-corrected chi connectivity index (χ3v) is 1.43. The van der Waals surface area contributed by atoms with Crippen molar-refractivity contribution < 1.29 is 0 Å². The lowest BCUT2D eigenvalue weighted by atomic mass is 10.2. The molecule has 0 aliphatic rings. The third-order valence-electron chi connectivity index (χ3n) is 1.43. The Balaban J connectivity index is 0.000000791. The lowest BCUT2D eigenvalue weighted by Gasteiger charge is -2.00. The molecular formula is C12H20N2. The average molecular weight is 192 g/mol. The van der Waals surface area contributed by atoms with Crippen LogP contribution in [0.5, 0.6) is 0 Å². The lowest BCUT2D eigenvalue weighted by Crippen LogP contribution is -2.06. The first-order valence-electron chi connectivity index (χ1n) is 5.07. The minimum absolute atomic E-state index is 0.798. The minimum Gasteiger partial charge on any atom is -0.306 e. The van der Waals surface area contributed by atoms with Crippen molar-refractivity contribution in [1.29, 1.82) is 0 Å². The molecule has 1 aromatic carbocycles. The Morgan fingerprint density at radius 3 is 2.21 bits per heavy atom. The molecule has 0 atom stereocenters. The normalized spacial score (nSPS) is 8.29. The van der Waals surface area contributed by atoms with Crippen LogP contribution >= 0.6 is 0 Å². The van der Waals surface area contributed by atoms with E-state index in [1.807, 2.05) is 45.9 Å². The zero-order chi connectivity index (χ0) is 10.8. The highest BCUT2D eigenvalue weighted by atomic mass is 15.3. The first-order valence-corrected chi connectivity index (χ1v) is 5.07. The molecule has 0 amide bonds. The molecule has 1 aromatic rings. The third kappa shape index (κ3) is 6.23. The first kappa shape index (κ1) is 12.7. The van der Waals surface area contributed by atoms with E-state index in [4.69, 9.17) is 0 Å². The van der Waals surface area contributed by atoms with Crippen molar-refractivity contribution in [2.45, 2.75) is 34.2 Å². The Bertz CT molecular complexity index is 248. The van der Waals surface area contributed by atoms with E-state index in [9.17, 15) is 0 Å². The van der Waals surface area contributed by atoms with Gasteiger partial charge in [-0.05, 0) is 19.4 Å². The standard InChI is InChI=1S/C10H14N2.C2H6/c1-9(2)12-11-8-10-6-4-3-5-7-10;1-2/h3-7,11H,8H2,1-2H3;1-2H3. The fraction of sp³-hybridized carbons (Fsp3) is 0.417. The van der Waals surface area contributed by atoms with Gasteiger partial charge < -0.3 is 5.43 Å². The number of nitrogens with zero attached hydrogens (tertiary/aromatic N) is 1. The van der Waals surface area contributed by atoms with Gasteiger partial charge in [0.05, 0.1) is 6.54 Å². The van der Waals surface area contributed by atoms with E-state index in [1.165, 1.54) is 5.56 Å². The summed E-state index contributed by atoms with van der Waals surface area (Å²) in [7, 11) is 0. The van der Waals surface area contributed by atoms with Crippen molar-refractivity contribution in [2.75, 3.05) is 0 Å². The molecule has 0 saturated heterocycles. The van der Waals surface area contributed by atoms with Crippen LogP contribution in [0.1, 0.15) is 33.3 Å². The van der Waals surface area contributed by atoms with Crippen LogP contribution in [-0.4, -0.2) is 5.71 Å². The highest BCUT2D eigenvalue weighted by molar-refractivity contribution is 5.78. The molecule has 0 bridgehead atoms. The van der Waals surface area contributed by atoms with Crippen molar-refractivity contribution in [3.05, 3.63) is 35.9 Å². The lowest BCUT2D eigenvalue weighted by molar-refractivity contribution is 0.743. The number of benzene rings is 1. The number of hydrogen-bond donors (Lipinski definition) is 1. The highest BCUT2D eigenvalue weighted by Gasteiger charge is 1.86. The number of nitrogens with one attached hydrogen (secondary N) is 1. The van der Waals surface area contributed by atoms with Crippen LogP contribution in [-0.2, 0) is 6.54 Å². The molecule has 1 rings (SSSR count). The van der Waals surface area contributed by atoms with Crippen LogP contribution in [0.25, 0.3) is 0 Å². The number of hydrogen-bond acceptors (Lipinski definition) is 2. The molecule has 2 heteroatoms. The summed E-state index contributed by atoms with van der Waals surface area (Å²) in [5.41, 5.74) is 5.29. The first-order chi connectivity index (χ1) is 6.79. The Hall–Kier alpha value is -1.31. The van der Waals surface area contributed by atoms with Crippen LogP contribution in [0.2, 0.25) is 0 Å². The van der Waals surface area contributed by atoms with Gasteiger partial charge in [-0.2, -0.15) is 5.10 Å². The summed E-state index contributed by atoms with van der Waals surface area (Å²) in [5, 5.41) is 4.09. The highest BCUT2D eigenvalue weighted by Crippen LogP contribution is 1.96. The van der Waals surface area contributed by atoms with Crippen molar-refractivity contribution in [2.24, 2.45) is 5.10 Å². The predicted octanol–water partition coefficient (Wildman–Crippen LogP) is 3.20. The van der Waals surface area contributed by atoms with Crippen molar-refractivity contribution >= 4 is 5.71 Å².